The van der Waals surface area contributed by atoms with Crippen LogP contribution in [0.3, 0.4) is 0 Å². The summed E-state index contributed by atoms with van der Waals surface area (Å²) in [6.45, 7) is 1.34. The van der Waals surface area contributed by atoms with Crippen molar-refractivity contribution in [1.82, 2.24) is 10.6 Å². The molecule has 0 aromatic heterocycles. The van der Waals surface area contributed by atoms with Gasteiger partial charge in [0.15, 0.2) is 5.96 Å². The van der Waals surface area contributed by atoms with Crippen LogP contribution in [0.15, 0.2) is 51.9 Å². The fourth-order valence-electron chi connectivity index (χ4n) is 2.19. The number of guanidine groups is 1. The van der Waals surface area contributed by atoms with E-state index in [-0.39, 0.29) is 24.0 Å². The Morgan fingerprint density at radius 2 is 1.68 bits per heavy atom. The van der Waals surface area contributed by atoms with Gasteiger partial charge in [-0.15, -0.1) is 24.0 Å². The molecule has 0 aliphatic heterocycles. The molecule has 0 aliphatic carbocycles. The zero-order valence-corrected chi connectivity index (χ0v) is 18.4. The summed E-state index contributed by atoms with van der Waals surface area (Å²) in [5.41, 5.74) is 2.26. The summed E-state index contributed by atoms with van der Waals surface area (Å²) < 4.78 is 11.4. The first kappa shape index (κ1) is 21.6. The van der Waals surface area contributed by atoms with Gasteiger partial charge in [0.25, 0.3) is 0 Å². The van der Waals surface area contributed by atoms with E-state index in [1.54, 1.807) is 21.3 Å². The highest BCUT2D eigenvalue weighted by Gasteiger charge is 2.03. The molecule has 0 bridgehead atoms. The Morgan fingerprint density at radius 1 is 1.00 bits per heavy atom. The Kier molecular flexibility index (Phi) is 9.66. The highest BCUT2D eigenvalue weighted by atomic mass is 127. The van der Waals surface area contributed by atoms with Gasteiger partial charge in [-0.05, 0) is 51.3 Å². The maximum Gasteiger partial charge on any atom is 0.191 e. The molecule has 0 aliphatic rings. The van der Waals surface area contributed by atoms with Crippen LogP contribution in [0.2, 0.25) is 0 Å². The normalized spacial score (nSPS) is 10.6. The summed E-state index contributed by atoms with van der Waals surface area (Å²) in [6.07, 6.45) is 0. The van der Waals surface area contributed by atoms with Crippen molar-refractivity contribution < 1.29 is 9.47 Å². The first-order chi connectivity index (χ1) is 11.7. The zero-order chi connectivity index (χ0) is 17.4. The molecule has 25 heavy (non-hydrogen) atoms. The minimum atomic E-state index is 0. The van der Waals surface area contributed by atoms with Crippen molar-refractivity contribution >= 4 is 45.9 Å². The lowest BCUT2D eigenvalue weighted by Gasteiger charge is -2.13. The van der Waals surface area contributed by atoms with Crippen molar-refractivity contribution in [1.29, 1.82) is 0 Å². The highest BCUT2D eigenvalue weighted by molar-refractivity contribution is 14.0. The van der Waals surface area contributed by atoms with Crippen molar-refractivity contribution in [3.63, 3.8) is 0 Å². The Labute approximate surface area is 174 Å². The number of hydrogen-bond donors (Lipinski definition) is 2. The van der Waals surface area contributed by atoms with Crippen LogP contribution in [0, 0.1) is 0 Å². The number of nitrogens with zero attached hydrogens (tertiary/aromatic N) is 1. The van der Waals surface area contributed by atoms with Gasteiger partial charge < -0.3 is 20.1 Å². The third-order valence-electron chi connectivity index (χ3n) is 3.49. The second-order valence-electron chi connectivity index (χ2n) is 5.10. The third kappa shape index (κ3) is 6.74. The highest BCUT2D eigenvalue weighted by Crippen LogP contribution is 2.25. The van der Waals surface area contributed by atoms with E-state index in [0.29, 0.717) is 13.1 Å². The maximum absolute atomic E-state index is 5.24. The minimum Gasteiger partial charge on any atom is -0.497 e. The van der Waals surface area contributed by atoms with Crippen LogP contribution >= 0.6 is 39.9 Å². The molecule has 2 rings (SSSR count). The van der Waals surface area contributed by atoms with Gasteiger partial charge in [-0.25, -0.2) is 0 Å². The fraction of sp³-hybridized carbons (Fsp3) is 0.278. The molecule has 7 heteroatoms. The quantitative estimate of drug-likeness (QED) is 0.345. The number of hydrogen-bond acceptors (Lipinski definition) is 3. The van der Waals surface area contributed by atoms with Crippen LogP contribution in [0.25, 0.3) is 0 Å². The van der Waals surface area contributed by atoms with Crippen LogP contribution in [0.1, 0.15) is 11.1 Å². The number of aliphatic imine (C=N–C) groups is 1. The molecule has 0 heterocycles. The maximum atomic E-state index is 5.24. The van der Waals surface area contributed by atoms with Crippen LogP contribution in [-0.2, 0) is 13.1 Å². The molecule has 0 fully saturated rings. The van der Waals surface area contributed by atoms with Crippen LogP contribution in [0.4, 0.5) is 0 Å². The van der Waals surface area contributed by atoms with Gasteiger partial charge >= 0.3 is 0 Å². The van der Waals surface area contributed by atoms with Crippen molar-refractivity contribution in [2.45, 2.75) is 13.1 Å². The molecule has 0 spiro atoms. The lowest BCUT2D eigenvalue weighted by molar-refractivity contribution is 0.412. The number of ether oxygens (including phenoxy) is 2. The monoisotopic (exact) mass is 519 g/mol. The van der Waals surface area contributed by atoms with Crippen molar-refractivity contribution in [3.8, 4) is 11.5 Å². The Balaban J connectivity index is 0.00000312. The van der Waals surface area contributed by atoms with Crippen molar-refractivity contribution in [2.75, 3.05) is 21.3 Å². The van der Waals surface area contributed by atoms with Crippen LogP contribution < -0.4 is 20.1 Å². The van der Waals surface area contributed by atoms with Crippen molar-refractivity contribution in [2.24, 2.45) is 4.99 Å². The summed E-state index contributed by atoms with van der Waals surface area (Å²) in [7, 11) is 5.08. The molecular formula is C18H23BrIN3O2. The van der Waals surface area contributed by atoms with E-state index in [0.717, 1.165) is 33.1 Å². The number of methoxy groups -OCH3 is 2. The molecule has 0 radical (unpaired) electrons. The standard InChI is InChI=1S/C18H22BrN3O2.HI/c1-20-18(21-11-13-5-4-6-15(9-13)23-2)22-12-14-7-8-17(24-3)16(19)10-14;/h4-10H,11-12H2,1-3H3,(H2,20,21,22);1H. The molecular weight excluding hydrogens is 497 g/mol. The van der Waals surface area contributed by atoms with E-state index in [1.165, 1.54) is 0 Å². The van der Waals surface area contributed by atoms with E-state index in [9.17, 15) is 0 Å². The number of nitrogens with one attached hydrogen (secondary N) is 2. The van der Waals surface area contributed by atoms with E-state index < -0.39 is 0 Å². The molecule has 0 atom stereocenters. The van der Waals surface area contributed by atoms with E-state index in [1.807, 2.05) is 42.5 Å². The van der Waals surface area contributed by atoms with Crippen molar-refractivity contribution in [3.05, 3.63) is 58.1 Å². The Bertz CT molecular complexity index is 710. The predicted molar refractivity (Wildman–Crippen MR) is 116 cm³/mol. The molecule has 2 aromatic carbocycles. The Hall–Kier alpha value is -1.48. The summed E-state index contributed by atoms with van der Waals surface area (Å²) in [4.78, 5) is 4.24. The smallest absolute Gasteiger partial charge is 0.191 e. The van der Waals surface area contributed by atoms with Crippen LogP contribution in [-0.4, -0.2) is 27.2 Å². The summed E-state index contributed by atoms with van der Waals surface area (Å²) >= 11 is 3.50. The molecule has 0 saturated carbocycles. The summed E-state index contributed by atoms with van der Waals surface area (Å²) in [5.74, 6) is 2.41. The topological polar surface area (TPSA) is 54.9 Å². The lowest BCUT2D eigenvalue weighted by atomic mass is 10.2. The SMILES string of the molecule is CN=C(NCc1cccc(OC)c1)NCc1ccc(OC)c(Br)c1.I. The molecule has 136 valence electrons. The van der Waals surface area contributed by atoms with Gasteiger partial charge in [-0.3, -0.25) is 4.99 Å². The van der Waals surface area contributed by atoms with Gasteiger partial charge in [0, 0.05) is 20.1 Å². The molecule has 5 nitrogen and oxygen atoms in total. The van der Waals surface area contributed by atoms with E-state index in [2.05, 4.69) is 31.6 Å². The fourth-order valence-corrected chi connectivity index (χ4v) is 2.78. The summed E-state index contributed by atoms with van der Waals surface area (Å²) in [6, 6.07) is 13.9. The van der Waals surface area contributed by atoms with Crippen LogP contribution in [0.5, 0.6) is 11.5 Å². The van der Waals surface area contributed by atoms with E-state index >= 15 is 0 Å². The number of rotatable bonds is 6. The summed E-state index contributed by atoms with van der Waals surface area (Å²) in [5, 5.41) is 6.59. The molecule has 0 unspecified atom stereocenters. The Morgan fingerprint density at radius 3 is 2.24 bits per heavy atom. The minimum absolute atomic E-state index is 0. The second-order valence-corrected chi connectivity index (χ2v) is 5.95. The molecule has 2 aromatic rings. The zero-order valence-electron chi connectivity index (χ0n) is 14.5. The number of benzene rings is 2. The molecule has 2 N–H and O–H groups in total. The van der Waals surface area contributed by atoms with Gasteiger partial charge in [0.05, 0.1) is 18.7 Å². The first-order valence-corrected chi connectivity index (χ1v) is 8.35. The van der Waals surface area contributed by atoms with Gasteiger partial charge in [-0.2, -0.15) is 0 Å². The molecule has 0 saturated heterocycles. The first-order valence-electron chi connectivity index (χ1n) is 7.56. The predicted octanol–water partition coefficient (Wildman–Crippen LogP) is 3.95. The number of halogens is 2. The van der Waals surface area contributed by atoms with Gasteiger partial charge in [-0.1, -0.05) is 18.2 Å². The van der Waals surface area contributed by atoms with Gasteiger partial charge in [0.1, 0.15) is 11.5 Å². The average Bonchev–Trinajstić information content (AvgIpc) is 2.62. The second kappa shape index (κ2) is 11.2. The molecule has 0 amide bonds. The largest absolute Gasteiger partial charge is 0.497 e. The average molecular weight is 520 g/mol. The lowest BCUT2D eigenvalue weighted by Crippen LogP contribution is -2.36. The van der Waals surface area contributed by atoms with Gasteiger partial charge in [0.2, 0.25) is 0 Å². The van der Waals surface area contributed by atoms with E-state index in [4.69, 9.17) is 9.47 Å². The third-order valence-corrected chi connectivity index (χ3v) is 4.11.